The third-order valence-corrected chi connectivity index (χ3v) is 7.97. The topological polar surface area (TPSA) is 117 Å². The van der Waals surface area contributed by atoms with Crippen LogP contribution in [-0.2, 0) is 14.3 Å². The van der Waals surface area contributed by atoms with Crippen molar-refractivity contribution < 1.29 is 28.7 Å². The third-order valence-electron chi connectivity index (χ3n) is 7.97. The van der Waals surface area contributed by atoms with Gasteiger partial charge in [0.05, 0.1) is 17.8 Å². The standard InChI is InChI=1S/C37H46N4O6/c1-37(2,3)47-35(44)28-16-13-17-29(24-28)39-36(45)38-25-33(42)41(23-22-27-14-7-5-8-15-27)31-20-11-12-21-32(31)46-26-34(43)40(4)30-18-9-6-10-19-30/h6,9-13,16-21,24,27H,5,7-8,14-15,22-23,25-26H2,1-4H3,(H2,38,39,45). The zero-order chi connectivity index (χ0) is 33.8. The van der Waals surface area contributed by atoms with Crippen LogP contribution in [0.5, 0.6) is 5.75 Å². The summed E-state index contributed by atoms with van der Waals surface area (Å²) in [6.45, 7) is 5.31. The summed E-state index contributed by atoms with van der Waals surface area (Å²) in [6.07, 6.45) is 6.69. The molecule has 3 aromatic rings. The van der Waals surface area contributed by atoms with E-state index in [1.165, 1.54) is 30.2 Å². The lowest BCUT2D eigenvalue weighted by atomic mass is 9.87. The molecule has 10 nitrogen and oxygen atoms in total. The van der Waals surface area contributed by atoms with Gasteiger partial charge in [0, 0.05) is 25.0 Å². The Morgan fingerprint density at radius 2 is 1.55 bits per heavy atom. The number of para-hydroxylation sites is 3. The minimum Gasteiger partial charge on any atom is -0.482 e. The number of likely N-dealkylation sites (N-methyl/N-ethyl adjacent to an activating group) is 1. The molecule has 0 radical (unpaired) electrons. The maximum absolute atomic E-state index is 13.7. The van der Waals surface area contributed by atoms with Gasteiger partial charge in [-0.2, -0.15) is 0 Å². The maximum atomic E-state index is 13.7. The van der Waals surface area contributed by atoms with Gasteiger partial charge in [0.2, 0.25) is 5.91 Å². The number of carbonyl (C=O) groups excluding carboxylic acids is 4. The largest absolute Gasteiger partial charge is 0.482 e. The van der Waals surface area contributed by atoms with Gasteiger partial charge < -0.3 is 29.9 Å². The molecule has 1 aliphatic rings. The number of nitrogens with one attached hydrogen (secondary N) is 2. The lowest BCUT2D eigenvalue weighted by Crippen LogP contribution is -2.42. The fourth-order valence-corrected chi connectivity index (χ4v) is 5.49. The SMILES string of the molecule is CN(C(=O)COc1ccccc1N(CCC1CCCCC1)C(=O)CNC(=O)Nc1cccc(C(=O)OC(C)(C)C)c1)c1ccccc1. The predicted molar refractivity (Wildman–Crippen MR) is 184 cm³/mol. The molecule has 47 heavy (non-hydrogen) atoms. The first-order valence-corrected chi connectivity index (χ1v) is 16.2. The quantitative estimate of drug-likeness (QED) is 0.210. The van der Waals surface area contributed by atoms with Crippen LogP contribution in [-0.4, -0.2) is 56.2 Å². The molecule has 2 N–H and O–H groups in total. The molecule has 0 bridgehead atoms. The van der Waals surface area contributed by atoms with Gasteiger partial charge in [0.15, 0.2) is 6.61 Å². The highest BCUT2D eigenvalue weighted by Crippen LogP contribution is 2.31. The minimum atomic E-state index is -0.654. The highest BCUT2D eigenvalue weighted by Gasteiger charge is 2.24. The average Bonchev–Trinajstić information content (AvgIpc) is 3.06. The zero-order valence-corrected chi connectivity index (χ0v) is 27.8. The zero-order valence-electron chi connectivity index (χ0n) is 27.8. The average molecular weight is 643 g/mol. The summed E-state index contributed by atoms with van der Waals surface area (Å²) >= 11 is 0. The molecule has 0 aromatic heterocycles. The van der Waals surface area contributed by atoms with Gasteiger partial charge in [-0.05, 0) is 75.6 Å². The number of nitrogens with zero attached hydrogens (tertiary/aromatic N) is 2. The van der Waals surface area contributed by atoms with E-state index in [0.29, 0.717) is 35.2 Å². The van der Waals surface area contributed by atoms with Crippen molar-refractivity contribution in [3.63, 3.8) is 0 Å². The first kappa shape index (κ1) is 35.0. The molecule has 1 aliphatic carbocycles. The van der Waals surface area contributed by atoms with E-state index >= 15 is 0 Å². The molecule has 0 aliphatic heterocycles. The molecule has 0 saturated heterocycles. The van der Waals surface area contributed by atoms with Crippen LogP contribution in [0.25, 0.3) is 0 Å². The number of hydrogen-bond acceptors (Lipinski definition) is 6. The third kappa shape index (κ3) is 10.9. The molecule has 4 rings (SSSR count). The Labute approximate surface area is 277 Å². The Hall–Kier alpha value is -4.86. The summed E-state index contributed by atoms with van der Waals surface area (Å²) in [4.78, 5) is 55.2. The lowest BCUT2D eigenvalue weighted by molar-refractivity contribution is -0.120. The second-order valence-electron chi connectivity index (χ2n) is 12.8. The summed E-state index contributed by atoms with van der Waals surface area (Å²) in [6, 6.07) is 22.3. The first-order chi connectivity index (χ1) is 22.5. The molecule has 0 atom stereocenters. The number of rotatable bonds is 12. The molecule has 0 spiro atoms. The Balaban J connectivity index is 1.43. The van der Waals surface area contributed by atoms with Crippen molar-refractivity contribution >= 4 is 40.9 Å². The van der Waals surface area contributed by atoms with Gasteiger partial charge in [0.1, 0.15) is 11.4 Å². The van der Waals surface area contributed by atoms with Crippen LogP contribution in [0, 0.1) is 5.92 Å². The van der Waals surface area contributed by atoms with Crippen LogP contribution < -0.4 is 25.2 Å². The van der Waals surface area contributed by atoms with Crippen LogP contribution in [0.3, 0.4) is 0 Å². The fraction of sp³-hybridized carbons (Fsp3) is 0.405. The highest BCUT2D eigenvalue weighted by atomic mass is 16.6. The van der Waals surface area contributed by atoms with E-state index < -0.39 is 17.6 Å². The van der Waals surface area contributed by atoms with Crippen molar-refractivity contribution in [1.82, 2.24) is 5.32 Å². The van der Waals surface area contributed by atoms with Crippen molar-refractivity contribution in [1.29, 1.82) is 0 Å². The van der Waals surface area contributed by atoms with Gasteiger partial charge in [-0.1, -0.05) is 68.5 Å². The second-order valence-corrected chi connectivity index (χ2v) is 12.8. The Kier molecular flexibility index (Phi) is 12.4. The van der Waals surface area contributed by atoms with Crippen LogP contribution in [0.2, 0.25) is 0 Å². The maximum Gasteiger partial charge on any atom is 0.338 e. The number of anilines is 3. The molecular weight excluding hydrogens is 596 g/mol. The Morgan fingerprint density at radius 3 is 2.28 bits per heavy atom. The monoisotopic (exact) mass is 642 g/mol. The first-order valence-electron chi connectivity index (χ1n) is 16.2. The van der Waals surface area contributed by atoms with Crippen LogP contribution in [0.4, 0.5) is 21.9 Å². The highest BCUT2D eigenvalue weighted by molar-refractivity contribution is 6.00. The van der Waals surface area contributed by atoms with Gasteiger partial charge >= 0.3 is 12.0 Å². The fourth-order valence-electron chi connectivity index (χ4n) is 5.49. The van der Waals surface area contributed by atoms with Gasteiger partial charge in [-0.3, -0.25) is 9.59 Å². The minimum absolute atomic E-state index is 0.212. The van der Waals surface area contributed by atoms with Crippen molar-refractivity contribution in [2.45, 2.75) is 64.9 Å². The predicted octanol–water partition coefficient (Wildman–Crippen LogP) is 6.81. The van der Waals surface area contributed by atoms with E-state index in [9.17, 15) is 19.2 Å². The molecule has 1 fully saturated rings. The summed E-state index contributed by atoms with van der Waals surface area (Å²) in [5.74, 6) is -0.133. The molecular formula is C37H46N4O6. The van der Waals surface area contributed by atoms with E-state index in [2.05, 4.69) is 10.6 Å². The van der Waals surface area contributed by atoms with Crippen LogP contribution in [0.1, 0.15) is 69.7 Å². The van der Waals surface area contributed by atoms with E-state index in [1.54, 1.807) is 69.1 Å². The number of urea groups is 1. The molecule has 10 heteroatoms. The molecule has 3 aromatic carbocycles. The lowest BCUT2D eigenvalue weighted by Gasteiger charge is -2.29. The van der Waals surface area contributed by atoms with E-state index in [-0.39, 0.29) is 25.0 Å². The van der Waals surface area contributed by atoms with E-state index in [4.69, 9.17) is 9.47 Å². The number of carbonyl (C=O) groups is 4. The Morgan fingerprint density at radius 1 is 0.851 bits per heavy atom. The van der Waals surface area contributed by atoms with Gasteiger partial charge in [-0.25, -0.2) is 9.59 Å². The number of hydrogen-bond donors (Lipinski definition) is 2. The summed E-state index contributed by atoms with van der Waals surface area (Å²) in [5, 5.41) is 5.34. The number of ether oxygens (including phenoxy) is 2. The molecule has 0 unspecified atom stereocenters. The number of benzene rings is 3. The van der Waals surface area contributed by atoms with Crippen LogP contribution >= 0.6 is 0 Å². The van der Waals surface area contributed by atoms with Crippen LogP contribution in [0.15, 0.2) is 78.9 Å². The van der Waals surface area contributed by atoms with E-state index in [0.717, 1.165) is 24.9 Å². The summed E-state index contributed by atoms with van der Waals surface area (Å²) in [7, 11) is 1.69. The molecule has 4 amide bonds. The van der Waals surface area contributed by atoms with E-state index in [1.807, 2.05) is 36.4 Å². The van der Waals surface area contributed by atoms with Crippen molar-refractivity contribution in [3.05, 3.63) is 84.4 Å². The van der Waals surface area contributed by atoms with Gasteiger partial charge in [-0.15, -0.1) is 0 Å². The smallest absolute Gasteiger partial charge is 0.338 e. The number of esters is 1. The van der Waals surface area contributed by atoms with Crippen molar-refractivity contribution in [2.75, 3.05) is 41.9 Å². The second kappa shape index (κ2) is 16.6. The Bertz CT molecular complexity index is 1510. The normalized spacial score (nSPS) is 13.3. The van der Waals surface area contributed by atoms with Crippen molar-refractivity contribution in [2.24, 2.45) is 5.92 Å². The number of amides is 4. The molecule has 1 saturated carbocycles. The molecule has 0 heterocycles. The van der Waals surface area contributed by atoms with Crippen molar-refractivity contribution in [3.8, 4) is 5.75 Å². The van der Waals surface area contributed by atoms with Gasteiger partial charge in [0.25, 0.3) is 5.91 Å². The summed E-state index contributed by atoms with van der Waals surface area (Å²) < 4.78 is 11.4. The molecule has 250 valence electrons. The summed E-state index contributed by atoms with van der Waals surface area (Å²) in [5.41, 5.74) is 1.32.